The Hall–Kier alpha value is -1.24. The molecule has 0 aliphatic heterocycles. The molecule has 0 spiro atoms. The van der Waals surface area contributed by atoms with Crippen molar-refractivity contribution >= 4 is 15.9 Å². The van der Waals surface area contributed by atoms with Gasteiger partial charge in [-0.05, 0) is 28.1 Å². The fourth-order valence-corrected chi connectivity index (χ4v) is 2.11. The van der Waals surface area contributed by atoms with Crippen LogP contribution in [0, 0.1) is 5.82 Å². The number of nitrogens with zero attached hydrogens (tertiary/aromatic N) is 1. The lowest BCUT2D eigenvalue weighted by molar-refractivity contribution is 0.199. The highest BCUT2D eigenvalue weighted by atomic mass is 79.9. The highest BCUT2D eigenvalue weighted by Gasteiger charge is 2.14. The highest BCUT2D eigenvalue weighted by molar-refractivity contribution is 9.10. The Bertz CT molecular complexity index is 525. The van der Waals surface area contributed by atoms with Crippen LogP contribution in [0.4, 0.5) is 4.39 Å². The Labute approximate surface area is 119 Å². The molecule has 2 rings (SSSR count). The molecule has 0 atom stereocenters. The molecule has 19 heavy (non-hydrogen) atoms. The van der Waals surface area contributed by atoms with E-state index in [1.54, 1.807) is 19.2 Å². The molecular formula is C13H14BrFN2O2. The van der Waals surface area contributed by atoms with Gasteiger partial charge in [-0.2, -0.15) is 0 Å². The third-order valence-corrected chi connectivity index (χ3v) is 3.18. The summed E-state index contributed by atoms with van der Waals surface area (Å²) in [6.07, 6.45) is 1.52. The molecular weight excluding hydrogens is 315 g/mol. The van der Waals surface area contributed by atoms with Gasteiger partial charge in [0.25, 0.3) is 0 Å². The lowest BCUT2D eigenvalue weighted by atomic mass is 10.2. The van der Waals surface area contributed by atoms with Crippen molar-refractivity contribution in [2.45, 2.75) is 6.54 Å². The van der Waals surface area contributed by atoms with Crippen LogP contribution in [0.15, 0.2) is 33.4 Å². The normalized spacial score (nSPS) is 10.9. The van der Waals surface area contributed by atoms with Gasteiger partial charge in [0.15, 0.2) is 0 Å². The summed E-state index contributed by atoms with van der Waals surface area (Å²) < 4.78 is 24.6. The number of methoxy groups -OCH3 is 1. The van der Waals surface area contributed by atoms with Crippen molar-refractivity contribution in [3.05, 3.63) is 40.4 Å². The quantitative estimate of drug-likeness (QED) is 0.828. The fraction of sp³-hybridized carbons (Fsp3) is 0.308. The minimum absolute atomic E-state index is 0.272. The third kappa shape index (κ3) is 3.62. The summed E-state index contributed by atoms with van der Waals surface area (Å²) in [5.41, 5.74) is 1.06. The predicted molar refractivity (Wildman–Crippen MR) is 73.2 cm³/mol. The summed E-state index contributed by atoms with van der Waals surface area (Å²) >= 11 is 3.29. The van der Waals surface area contributed by atoms with Crippen molar-refractivity contribution in [2.75, 3.05) is 20.3 Å². The van der Waals surface area contributed by atoms with E-state index in [0.717, 1.165) is 12.2 Å². The first-order valence-corrected chi connectivity index (χ1v) is 6.60. The molecule has 0 saturated heterocycles. The van der Waals surface area contributed by atoms with E-state index >= 15 is 0 Å². The number of ether oxygens (including phenoxy) is 1. The molecule has 1 N–H and O–H groups in total. The summed E-state index contributed by atoms with van der Waals surface area (Å²) in [5.74, 6) is -0.0939. The van der Waals surface area contributed by atoms with Gasteiger partial charge < -0.3 is 14.5 Å². The molecule has 1 heterocycles. The Morgan fingerprint density at radius 3 is 3.05 bits per heavy atom. The highest BCUT2D eigenvalue weighted by Crippen LogP contribution is 2.30. The third-order valence-electron chi connectivity index (χ3n) is 2.52. The van der Waals surface area contributed by atoms with Gasteiger partial charge in [0.05, 0.1) is 17.9 Å². The number of hydrogen-bond acceptors (Lipinski definition) is 4. The van der Waals surface area contributed by atoms with Gasteiger partial charge in [-0.15, -0.1) is 0 Å². The van der Waals surface area contributed by atoms with Gasteiger partial charge in [0.1, 0.15) is 12.1 Å². The van der Waals surface area contributed by atoms with Crippen molar-refractivity contribution in [1.29, 1.82) is 0 Å². The van der Waals surface area contributed by atoms with Crippen LogP contribution in [0.5, 0.6) is 0 Å². The minimum Gasteiger partial charge on any atom is -0.444 e. The van der Waals surface area contributed by atoms with E-state index in [1.165, 1.54) is 12.3 Å². The number of benzene rings is 1. The van der Waals surface area contributed by atoms with E-state index in [-0.39, 0.29) is 11.7 Å². The summed E-state index contributed by atoms with van der Waals surface area (Å²) in [5, 5.41) is 3.14. The second-order valence-corrected chi connectivity index (χ2v) is 4.76. The number of nitrogens with one attached hydrogen (secondary N) is 1. The Balaban J connectivity index is 2.08. The fourth-order valence-electron chi connectivity index (χ4n) is 1.60. The SMILES string of the molecule is COCCNCc1coc(-c2c(F)cccc2Br)n1. The van der Waals surface area contributed by atoms with Crippen LogP contribution in [0.25, 0.3) is 11.5 Å². The Morgan fingerprint density at radius 2 is 2.32 bits per heavy atom. The maximum Gasteiger partial charge on any atom is 0.230 e. The van der Waals surface area contributed by atoms with Crippen LogP contribution in [-0.2, 0) is 11.3 Å². The van der Waals surface area contributed by atoms with Crippen LogP contribution in [-0.4, -0.2) is 25.2 Å². The summed E-state index contributed by atoms with van der Waals surface area (Å²) in [6, 6.07) is 4.75. The lowest BCUT2D eigenvalue weighted by Gasteiger charge is -2.01. The average molecular weight is 329 g/mol. The summed E-state index contributed by atoms with van der Waals surface area (Å²) in [4.78, 5) is 4.26. The van der Waals surface area contributed by atoms with Gasteiger partial charge in [-0.1, -0.05) is 6.07 Å². The van der Waals surface area contributed by atoms with Crippen LogP contribution in [0.3, 0.4) is 0 Å². The number of oxazole rings is 1. The van der Waals surface area contributed by atoms with Crippen molar-refractivity contribution < 1.29 is 13.5 Å². The molecule has 0 unspecified atom stereocenters. The standard InChI is InChI=1S/C13H14BrFN2O2/c1-18-6-5-16-7-9-8-19-13(17-9)12-10(14)3-2-4-11(12)15/h2-4,8,16H,5-7H2,1H3. The molecule has 0 radical (unpaired) electrons. The van der Waals surface area contributed by atoms with Crippen LogP contribution >= 0.6 is 15.9 Å². The molecule has 2 aromatic rings. The van der Waals surface area contributed by atoms with Crippen LogP contribution in [0.1, 0.15) is 5.69 Å². The monoisotopic (exact) mass is 328 g/mol. The number of aromatic nitrogens is 1. The van der Waals surface area contributed by atoms with E-state index in [2.05, 4.69) is 26.2 Å². The van der Waals surface area contributed by atoms with Crippen molar-refractivity contribution in [2.24, 2.45) is 0 Å². The molecule has 0 aliphatic carbocycles. The van der Waals surface area contributed by atoms with Crippen molar-refractivity contribution in [3.8, 4) is 11.5 Å². The minimum atomic E-state index is -0.366. The van der Waals surface area contributed by atoms with E-state index in [1.807, 2.05) is 0 Å². The molecule has 4 nitrogen and oxygen atoms in total. The number of hydrogen-bond donors (Lipinski definition) is 1. The van der Waals surface area contributed by atoms with E-state index in [0.29, 0.717) is 23.2 Å². The molecule has 1 aromatic carbocycles. The van der Waals surface area contributed by atoms with Gasteiger partial charge in [-0.25, -0.2) is 9.37 Å². The first kappa shape index (κ1) is 14.2. The number of halogens is 2. The summed E-state index contributed by atoms with van der Waals surface area (Å²) in [7, 11) is 1.64. The maximum absolute atomic E-state index is 13.7. The van der Waals surface area contributed by atoms with E-state index in [9.17, 15) is 4.39 Å². The van der Waals surface area contributed by atoms with Crippen molar-refractivity contribution in [1.82, 2.24) is 10.3 Å². The Kier molecular flexibility index (Phi) is 5.07. The lowest BCUT2D eigenvalue weighted by Crippen LogP contribution is -2.18. The first-order valence-electron chi connectivity index (χ1n) is 5.81. The molecule has 0 aliphatic rings. The average Bonchev–Trinajstić information content (AvgIpc) is 2.83. The molecule has 6 heteroatoms. The molecule has 0 fully saturated rings. The maximum atomic E-state index is 13.7. The molecule has 102 valence electrons. The zero-order valence-corrected chi connectivity index (χ0v) is 12.0. The van der Waals surface area contributed by atoms with Crippen LogP contribution in [0.2, 0.25) is 0 Å². The predicted octanol–water partition coefficient (Wildman–Crippen LogP) is 2.98. The van der Waals surface area contributed by atoms with Gasteiger partial charge >= 0.3 is 0 Å². The second-order valence-electron chi connectivity index (χ2n) is 3.91. The van der Waals surface area contributed by atoms with E-state index < -0.39 is 0 Å². The van der Waals surface area contributed by atoms with Crippen LogP contribution < -0.4 is 5.32 Å². The molecule has 0 bridgehead atoms. The smallest absolute Gasteiger partial charge is 0.230 e. The first-order chi connectivity index (χ1) is 9.22. The zero-order chi connectivity index (χ0) is 13.7. The number of rotatable bonds is 6. The van der Waals surface area contributed by atoms with Gasteiger partial charge in [0, 0.05) is 24.7 Å². The van der Waals surface area contributed by atoms with Gasteiger partial charge in [-0.3, -0.25) is 0 Å². The Morgan fingerprint density at radius 1 is 1.47 bits per heavy atom. The van der Waals surface area contributed by atoms with Gasteiger partial charge in [0.2, 0.25) is 5.89 Å². The zero-order valence-electron chi connectivity index (χ0n) is 10.5. The van der Waals surface area contributed by atoms with E-state index in [4.69, 9.17) is 9.15 Å². The molecule has 0 amide bonds. The van der Waals surface area contributed by atoms with Crippen molar-refractivity contribution in [3.63, 3.8) is 0 Å². The topological polar surface area (TPSA) is 47.3 Å². The summed E-state index contributed by atoms with van der Waals surface area (Å²) in [6.45, 7) is 1.91. The second kappa shape index (κ2) is 6.79. The molecule has 1 aromatic heterocycles. The largest absolute Gasteiger partial charge is 0.444 e. The molecule has 0 saturated carbocycles.